The lowest BCUT2D eigenvalue weighted by Crippen LogP contribution is -2.13. The summed E-state index contributed by atoms with van der Waals surface area (Å²) < 4.78 is 41.0. The Labute approximate surface area is 95.0 Å². The largest absolute Gasteiger partial charge is 0.435 e. The average Bonchev–Trinajstić information content (AvgIpc) is 2.19. The van der Waals surface area contributed by atoms with Crippen LogP contribution in [0.2, 0.25) is 0 Å². The number of ketones is 1. The molecule has 0 fully saturated rings. The van der Waals surface area contributed by atoms with Gasteiger partial charge in [-0.05, 0) is 25.1 Å². The van der Waals surface area contributed by atoms with Gasteiger partial charge in [0.05, 0.1) is 10.9 Å². The topological polar surface area (TPSA) is 26.3 Å². The van der Waals surface area contributed by atoms with Crippen LogP contribution in [0, 0.1) is 5.82 Å². The fourth-order valence-corrected chi connectivity index (χ4v) is 1.20. The quantitative estimate of drug-likeness (QED) is 0.607. The Morgan fingerprint density at radius 2 is 2.06 bits per heavy atom. The summed E-state index contributed by atoms with van der Waals surface area (Å²) in [7, 11) is 0. The van der Waals surface area contributed by atoms with Gasteiger partial charge in [-0.15, -0.1) is 11.6 Å². The van der Waals surface area contributed by atoms with Gasteiger partial charge in [0.1, 0.15) is 11.6 Å². The van der Waals surface area contributed by atoms with Gasteiger partial charge < -0.3 is 4.74 Å². The molecule has 6 heteroatoms. The Balaban J connectivity index is 3.04. The molecule has 1 atom stereocenters. The normalized spacial score (nSPS) is 12.6. The lowest BCUT2D eigenvalue weighted by Gasteiger charge is -2.08. The van der Waals surface area contributed by atoms with Crippen molar-refractivity contribution < 1.29 is 22.7 Å². The highest BCUT2D eigenvalue weighted by Crippen LogP contribution is 2.21. The van der Waals surface area contributed by atoms with Crippen molar-refractivity contribution in [3.05, 3.63) is 29.6 Å². The van der Waals surface area contributed by atoms with Crippen LogP contribution in [0.15, 0.2) is 18.2 Å². The predicted molar refractivity (Wildman–Crippen MR) is 52.7 cm³/mol. The molecule has 0 aromatic heterocycles. The second kappa shape index (κ2) is 5.21. The number of Topliss-reactive ketones (excluding diaryl/α,β-unsaturated/α-hetero) is 1. The third-order valence-electron chi connectivity index (χ3n) is 1.79. The monoisotopic (exact) mass is 252 g/mol. The number of hydrogen-bond acceptors (Lipinski definition) is 2. The Bertz CT molecular complexity index is 394. The zero-order valence-electron chi connectivity index (χ0n) is 8.22. The lowest BCUT2D eigenvalue weighted by molar-refractivity contribution is -0.0499. The van der Waals surface area contributed by atoms with E-state index in [2.05, 4.69) is 4.74 Å². The second-order valence-corrected chi connectivity index (χ2v) is 3.66. The predicted octanol–water partition coefficient (Wildman–Crippen LogP) is 3.24. The number of alkyl halides is 3. The van der Waals surface area contributed by atoms with Crippen LogP contribution in [0.5, 0.6) is 5.75 Å². The molecule has 1 unspecified atom stereocenters. The highest BCUT2D eigenvalue weighted by molar-refractivity contribution is 6.33. The summed E-state index contributed by atoms with van der Waals surface area (Å²) in [6.45, 7) is -1.66. The summed E-state index contributed by atoms with van der Waals surface area (Å²) in [4.78, 5) is 11.4. The zero-order valence-corrected chi connectivity index (χ0v) is 8.97. The lowest BCUT2D eigenvalue weighted by atomic mass is 10.1. The van der Waals surface area contributed by atoms with Crippen LogP contribution in [-0.4, -0.2) is 17.8 Å². The number of carbonyl (C=O) groups excluding carboxylic acids is 1. The van der Waals surface area contributed by atoms with E-state index in [9.17, 15) is 18.0 Å². The molecule has 1 aromatic carbocycles. The Kier molecular flexibility index (Phi) is 4.18. The van der Waals surface area contributed by atoms with Crippen LogP contribution in [0.25, 0.3) is 0 Å². The Morgan fingerprint density at radius 1 is 1.44 bits per heavy atom. The SMILES string of the molecule is CC(Cl)C(=O)c1cc(OC(F)F)ccc1F. The minimum atomic E-state index is -3.03. The van der Waals surface area contributed by atoms with Gasteiger partial charge in [0, 0.05) is 0 Å². The van der Waals surface area contributed by atoms with E-state index in [1.807, 2.05) is 0 Å². The third kappa shape index (κ3) is 3.13. The maximum absolute atomic E-state index is 13.2. The first kappa shape index (κ1) is 12.8. The first-order valence-electron chi connectivity index (χ1n) is 4.34. The van der Waals surface area contributed by atoms with Gasteiger partial charge in [-0.2, -0.15) is 8.78 Å². The Hall–Kier alpha value is -1.23. The van der Waals surface area contributed by atoms with Crippen LogP contribution in [0.3, 0.4) is 0 Å². The molecule has 0 spiro atoms. The number of halogens is 4. The van der Waals surface area contributed by atoms with Crippen LogP contribution in [0.1, 0.15) is 17.3 Å². The first-order valence-corrected chi connectivity index (χ1v) is 4.78. The molecule has 0 aliphatic heterocycles. The molecular formula is C10H8ClF3O2. The van der Waals surface area contributed by atoms with E-state index < -0.39 is 23.6 Å². The number of ether oxygens (including phenoxy) is 1. The zero-order chi connectivity index (χ0) is 12.3. The van der Waals surface area contributed by atoms with Crippen molar-refractivity contribution in [3.63, 3.8) is 0 Å². The number of rotatable bonds is 4. The van der Waals surface area contributed by atoms with E-state index in [0.29, 0.717) is 0 Å². The molecule has 0 radical (unpaired) electrons. The standard InChI is InChI=1S/C10H8ClF3O2/c1-5(11)9(15)7-4-6(16-10(13)14)2-3-8(7)12/h2-5,10H,1H3. The molecule has 0 amide bonds. The summed E-state index contributed by atoms with van der Waals surface area (Å²) in [5, 5.41) is -0.934. The van der Waals surface area contributed by atoms with Crippen molar-refractivity contribution in [2.75, 3.05) is 0 Å². The van der Waals surface area contributed by atoms with Gasteiger partial charge in [-0.3, -0.25) is 4.79 Å². The van der Waals surface area contributed by atoms with Gasteiger partial charge in [-0.1, -0.05) is 0 Å². The first-order chi connectivity index (χ1) is 7.41. The highest BCUT2D eigenvalue weighted by atomic mass is 35.5. The molecule has 0 aliphatic carbocycles. The van der Waals surface area contributed by atoms with Gasteiger partial charge in [-0.25, -0.2) is 4.39 Å². The van der Waals surface area contributed by atoms with E-state index in [4.69, 9.17) is 11.6 Å². The molecule has 0 aliphatic rings. The molecule has 0 saturated heterocycles. The van der Waals surface area contributed by atoms with Gasteiger partial charge >= 0.3 is 6.61 Å². The molecule has 1 rings (SSSR count). The fraction of sp³-hybridized carbons (Fsp3) is 0.300. The summed E-state index contributed by atoms with van der Waals surface area (Å²) >= 11 is 5.49. The van der Waals surface area contributed by atoms with Crippen LogP contribution in [0.4, 0.5) is 13.2 Å². The van der Waals surface area contributed by atoms with Crippen molar-refractivity contribution in [2.45, 2.75) is 18.9 Å². The molecule has 0 heterocycles. The van der Waals surface area contributed by atoms with E-state index in [1.54, 1.807) is 0 Å². The third-order valence-corrected chi connectivity index (χ3v) is 1.99. The van der Waals surface area contributed by atoms with E-state index >= 15 is 0 Å². The summed E-state index contributed by atoms with van der Waals surface area (Å²) in [6, 6.07) is 2.80. The smallest absolute Gasteiger partial charge is 0.387 e. The summed E-state index contributed by atoms with van der Waals surface area (Å²) in [5.41, 5.74) is -0.361. The van der Waals surface area contributed by atoms with Gasteiger partial charge in [0.25, 0.3) is 0 Å². The molecule has 2 nitrogen and oxygen atoms in total. The number of carbonyl (C=O) groups is 1. The minimum absolute atomic E-state index is 0.280. The van der Waals surface area contributed by atoms with Crippen molar-refractivity contribution in [1.82, 2.24) is 0 Å². The average molecular weight is 253 g/mol. The molecular weight excluding hydrogens is 245 g/mol. The number of hydrogen-bond donors (Lipinski definition) is 0. The second-order valence-electron chi connectivity index (χ2n) is 3.00. The van der Waals surface area contributed by atoms with Crippen LogP contribution >= 0.6 is 11.6 Å². The van der Waals surface area contributed by atoms with Crippen molar-refractivity contribution in [1.29, 1.82) is 0 Å². The maximum Gasteiger partial charge on any atom is 0.387 e. The summed E-state index contributed by atoms with van der Waals surface area (Å²) in [5.74, 6) is -1.78. The highest BCUT2D eigenvalue weighted by Gasteiger charge is 2.18. The number of benzene rings is 1. The molecule has 0 N–H and O–H groups in total. The fourth-order valence-electron chi connectivity index (χ4n) is 1.08. The molecule has 1 aromatic rings. The molecule has 0 bridgehead atoms. The Morgan fingerprint density at radius 3 is 2.56 bits per heavy atom. The van der Waals surface area contributed by atoms with Crippen molar-refractivity contribution in [2.24, 2.45) is 0 Å². The van der Waals surface area contributed by atoms with Crippen LogP contribution in [-0.2, 0) is 0 Å². The molecule has 16 heavy (non-hydrogen) atoms. The van der Waals surface area contributed by atoms with Gasteiger partial charge in [0.2, 0.25) is 0 Å². The molecule has 0 saturated carbocycles. The molecule has 88 valence electrons. The van der Waals surface area contributed by atoms with Gasteiger partial charge in [0.15, 0.2) is 5.78 Å². The van der Waals surface area contributed by atoms with E-state index in [0.717, 1.165) is 18.2 Å². The van der Waals surface area contributed by atoms with Crippen molar-refractivity contribution in [3.8, 4) is 5.75 Å². The van der Waals surface area contributed by atoms with Crippen molar-refractivity contribution >= 4 is 17.4 Å². The minimum Gasteiger partial charge on any atom is -0.435 e. The van der Waals surface area contributed by atoms with E-state index in [-0.39, 0.29) is 11.3 Å². The maximum atomic E-state index is 13.2. The van der Waals surface area contributed by atoms with Crippen LogP contribution < -0.4 is 4.74 Å². The van der Waals surface area contributed by atoms with E-state index in [1.165, 1.54) is 6.92 Å². The summed E-state index contributed by atoms with van der Waals surface area (Å²) in [6.07, 6.45) is 0.